The number of aliphatic hydroxyl groups is 2. The highest BCUT2D eigenvalue weighted by atomic mass is 19.2. The van der Waals surface area contributed by atoms with Gasteiger partial charge >= 0.3 is 0 Å². The molecule has 0 saturated carbocycles. The molecular weight excluding hydrogens is 1580 g/mol. The molecule has 32 heteroatoms. The van der Waals surface area contributed by atoms with Gasteiger partial charge in [-0.05, 0) is 186 Å². The van der Waals surface area contributed by atoms with Gasteiger partial charge in [-0.15, -0.1) is 0 Å². The summed E-state index contributed by atoms with van der Waals surface area (Å²) >= 11 is 0. The number of anilines is 6. The Balaban J connectivity index is 0.0000000976. The Morgan fingerprint density at radius 2 is 0.645 bits per heavy atom. The molecule has 0 aliphatic carbocycles. The lowest BCUT2D eigenvalue weighted by atomic mass is 9.94. The normalized spacial score (nSPS) is 16.5. The SMILES string of the molecule is FCCC1CCN(c2ccn3c(n2)nc2ccccc23)CC1.Fc1ccc2c(nc3nc(N4CCNCC4)ccn32)c1F.Fc1cn2c(nc1N1CCNCC1)nc1ccccc12.OC1CCN(c2ccn3c(n2)nc2ccccc23)CC1.OCCC1CCN(c2ccn3c(n2)nc2ccccc23)CC1.c1ccc2c(c1)nc1nc(N3CCCCC3)ccn12. The van der Waals surface area contributed by atoms with Crippen LogP contribution in [0.5, 0.6) is 0 Å². The third-order valence-electron chi connectivity index (χ3n) is 24.5. The first-order chi connectivity index (χ1) is 61.0. The lowest BCUT2D eigenvalue weighted by Gasteiger charge is -2.32. The second-order valence-electron chi connectivity index (χ2n) is 32.3. The van der Waals surface area contributed by atoms with Gasteiger partial charge in [0.05, 0.1) is 79.7 Å². The standard InChI is InChI=1S/C17H19FN4.C17H20N4O.C15H16N4O.C15H16N4.C14H13F2N5.C14H14FN5/c18-9-5-13-6-10-21(11-7-13)16-8-12-22-15-4-2-1-3-14(15)19-17(22)20-16;22-12-8-13-5-9-20(10-6-13)16-7-11-21-15-4-2-1-3-14(15)18-17(21)19-16;20-11-5-8-18(9-6-11)14-7-10-19-13-4-2-1-3-12(13)16-15(19)17-14;1-4-9-18(10-5-1)14-8-11-19-13-7-3-2-6-12(13)16-15(19)17-14;15-9-1-2-10-13(12(9)16)19-14-18-11(3-6-21(10)14)20-7-4-17-5-8-20;15-10-9-20-12-4-2-1-3-11(12)17-14(20)18-13(10)19-7-5-16-6-8-19/h1-4,8,12-13H,5-7,9-11H2;1-4,7,11,13,22H,5-6,8-10,12H2;1-4,7,10-11,20H,5-6,8-9H2;2-3,6-8,11H,1,4-5,9-10H2;1-3,6,17H,4-5,7-8H2;1-4,9,16H,5-8H2. The monoisotopic (exact) mass is 1670 g/mol. The van der Waals surface area contributed by atoms with E-state index in [1.54, 1.807) is 15.0 Å². The molecule has 12 aromatic heterocycles. The second-order valence-corrected chi connectivity index (χ2v) is 32.3. The van der Waals surface area contributed by atoms with Crippen LogP contribution in [0.4, 0.5) is 52.5 Å². The van der Waals surface area contributed by atoms with Crippen molar-refractivity contribution in [1.82, 2.24) is 96.8 Å². The summed E-state index contributed by atoms with van der Waals surface area (Å²) in [5, 5.41) is 25.2. The number of fused-ring (bicyclic) bond motifs is 18. The average molecular weight is 1680 g/mol. The highest BCUT2D eigenvalue weighted by molar-refractivity contribution is 5.84. The van der Waals surface area contributed by atoms with Crippen molar-refractivity contribution in [3.05, 3.63) is 218 Å². The molecule has 124 heavy (non-hydrogen) atoms. The fraction of sp³-hybridized carbons (Fsp3) is 0.348. The van der Waals surface area contributed by atoms with Crippen LogP contribution >= 0.6 is 0 Å². The first kappa shape index (κ1) is 80.7. The van der Waals surface area contributed by atoms with E-state index in [2.05, 4.69) is 133 Å². The number of imidazole rings is 6. The number of aliphatic hydroxyl groups excluding tert-OH is 2. The van der Waals surface area contributed by atoms with E-state index in [-0.39, 0.29) is 24.1 Å². The first-order valence-corrected chi connectivity index (χ1v) is 43.3. The summed E-state index contributed by atoms with van der Waals surface area (Å²) < 4.78 is 65.4. The molecule has 6 aliphatic heterocycles. The lowest BCUT2D eigenvalue weighted by molar-refractivity contribution is 0.145. The van der Waals surface area contributed by atoms with E-state index in [1.165, 1.54) is 31.5 Å². The molecule has 28 nitrogen and oxygen atoms in total. The summed E-state index contributed by atoms with van der Waals surface area (Å²) in [5.41, 5.74) is 10.5. The van der Waals surface area contributed by atoms with Gasteiger partial charge in [-0.2, -0.15) is 29.9 Å². The minimum Gasteiger partial charge on any atom is -0.396 e. The van der Waals surface area contributed by atoms with E-state index in [0.717, 1.165) is 263 Å². The maximum atomic E-state index is 14.3. The number of para-hydroxylation sites is 10. The van der Waals surface area contributed by atoms with E-state index < -0.39 is 11.6 Å². The molecule has 6 fully saturated rings. The molecule has 6 saturated heterocycles. The minimum absolute atomic E-state index is 0.0139. The first-order valence-electron chi connectivity index (χ1n) is 43.3. The maximum Gasteiger partial charge on any atom is 0.236 e. The number of benzene rings is 6. The Hall–Kier alpha value is -13.0. The molecule has 6 aliphatic rings. The number of rotatable bonds is 10. The van der Waals surface area contributed by atoms with Crippen LogP contribution < -0.4 is 40.0 Å². The van der Waals surface area contributed by atoms with Crippen LogP contribution in [0.1, 0.15) is 70.6 Å². The number of halogens is 4. The van der Waals surface area contributed by atoms with E-state index in [0.29, 0.717) is 47.8 Å². The van der Waals surface area contributed by atoms with Crippen molar-refractivity contribution in [3.63, 3.8) is 0 Å². The number of hydrogen-bond donors (Lipinski definition) is 4. The molecule has 0 bridgehead atoms. The van der Waals surface area contributed by atoms with Gasteiger partial charge in [-0.3, -0.25) is 30.8 Å². The molecule has 4 N–H and O–H groups in total. The molecule has 24 rings (SSSR count). The van der Waals surface area contributed by atoms with E-state index >= 15 is 0 Å². The van der Waals surface area contributed by atoms with Crippen LogP contribution in [-0.4, -0.2) is 221 Å². The number of nitrogens with zero attached hydrogens (tertiary/aromatic N) is 24. The van der Waals surface area contributed by atoms with Crippen molar-refractivity contribution in [3.8, 4) is 0 Å². The van der Waals surface area contributed by atoms with Crippen LogP contribution in [0, 0.1) is 29.3 Å². The van der Waals surface area contributed by atoms with Gasteiger partial charge in [-0.25, -0.2) is 43.1 Å². The average Bonchev–Trinajstić information content (AvgIpc) is 1.59. The minimum atomic E-state index is -0.929. The highest BCUT2D eigenvalue weighted by Gasteiger charge is 2.26. The molecular formula is C92H98F4N26O2. The third-order valence-corrected chi connectivity index (χ3v) is 24.5. The molecule has 6 aromatic carbocycles. The van der Waals surface area contributed by atoms with Crippen molar-refractivity contribution in [2.75, 3.05) is 147 Å². The van der Waals surface area contributed by atoms with Gasteiger partial charge in [0.25, 0.3) is 0 Å². The van der Waals surface area contributed by atoms with Crippen molar-refractivity contribution >= 4 is 136 Å². The predicted molar refractivity (Wildman–Crippen MR) is 479 cm³/mol. The largest absolute Gasteiger partial charge is 0.396 e. The number of alkyl halides is 1. The molecule has 636 valence electrons. The van der Waals surface area contributed by atoms with Gasteiger partial charge in [0.15, 0.2) is 23.3 Å². The number of aromatic nitrogens is 18. The molecule has 0 amide bonds. The molecule has 0 atom stereocenters. The zero-order valence-corrected chi connectivity index (χ0v) is 68.9. The number of nitrogens with one attached hydrogen (secondary N) is 2. The van der Waals surface area contributed by atoms with Gasteiger partial charge < -0.3 is 50.2 Å². The van der Waals surface area contributed by atoms with Crippen molar-refractivity contribution in [2.45, 2.75) is 76.7 Å². The summed E-state index contributed by atoms with van der Waals surface area (Å²) in [4.78, 5) is 67.9. The van der Waals surface area contributed by atoms with Crippen LogP contribution in [0.15, 0.2) is 201 Å². The quantitative estimate of drug-likeness (QED) is 0.0927. The van der Waals surface area contributed by atoms with Crippen LogP contribution in [0.25, 0.3) is 101 Å². The Kier molecular flexibility index (Phi) is 23.8. The summed E-state index contributed by atoms with van der Waals surface area (Å²) in [5.74, 6) is 8.19. The molecule has 18 heterocycles. The van der Waals surface area contributed by atoms with Crippen LogP contribution in [0.3, 0.4) is 0 Å². The van der Waals surface area contributed by atoms with Crippen molar-refractivity contribution in [2.24, 2.45) is 11.8 Å². The van der Waals surface area contributed by atoms with Gasteiger partial charge in [0.1, 0.15) is 34.6 Å². The third kappa shape index (κ3) is 17.2. The summed E-state index contributed by atoms with van der Waals surface area (Å²) in [6.07, 6.45) is 22.8. The summed E-state index contributed by atoms with van der Waals surface area (Å²) in [7, 11) is 0. The summed E-state index contributed by atoms with van der Waals surface area (Å²) in [6, 6.07) is 52.8. The number of piperidine rings is 4. The topological polar surface area (TPSA) is 265 Å². The van der Waals surface area contributed by atoms with Crippen LogP contribution in [-0.2, 0) is 0 Å². The molecule has 0 spiro atoms. The van der Waals surface area contributed by atoms with Crippen molar-refractivity contribution < 1.29 is 27.8 Å². The Bertz CT molecular complexity index is 6610. The highest BCUT2D eigenvalue weighted by Crippen LogP contribution is 2.32. The van der Waals surface area contributed by atoms with Crippen molar-refractivity contribution in [1.29, 1.82) is 0 Å². The lowest BCUT2D eigenvalue weighted by Crippen LogP contribution is -2.44. The Labute approximate surface area is 711 Å². The Morgan fingerprint density at radius 3 is 1.04 bits per heavy atom. The fourth-order valence-electron chi connectivity index (χ4n) is 17.6. The number of piperazine rings is 2. The van der Waals surface area contributed by atoms with Gasteiger partial charge in [0.2, 0.25) is 34.7 Å². The maximum absolute atomic E-state index is 14.3. The van der Waals surface area contributed by atoms with E-state index in [4.69, 9.17) is 20.1 Å². The smallest absolute Gasteiger partial charge is 0.236 e. The zero-order chi connectivity index (χ0) is 84.0. The number of hydrogen-bond acceptors (Lipinski definition) is 22. The summed E-state index contributed by atoms with van der Waals surface area (Å²) in [6.45, 7) is 14.7. The van der Waals surface area contributed by atoms with Gasteiger partial charge in [-0.1, -0.05) is 60.7 Å². The predicted octanol–water partition coefficient (Wildman–Crippen LogP) is 13.7. The molecule has 0 radical (unpaired) electrons. The zero-order valence-electron chi connectivity index (χ0n) is 68.9. The Morgan fingerprint density at radius 1 is 0.315 bits per heavy atom. The van der Waals surface area contributed by atoms with Gasteiger partial charge in [0, 0.05) is 142 Å². The molecule has 0 unspecified atom stereocenters. The van der Waals surface area contributed by atoms with Crippen LogP contribution in [0.2, 0.25) is 0 Å². The van der Waals surface area contributed by atoms with E-state index in [9.17, 15) is 22.7 Å². The van der Waals surface area contributed by atoms with E-state index in [1.807, 2.05) is 146 Å². The molecule has 18 aromatic rings. The second kappa shape index (κ2) is 36.6. The fourth-order valence-corrected chi connectivity index (χ4v) is 17.6.